The molecular formula is C14H19NO4. The lowest BCUT2D eigenvalue weighted by molar-refractivity contribution is -0.385. The van der Waals surface area contributed by atoms with Gasteiger partial charge in [0, 0.05) is 18.1 Å². The SMILES string of the molecule is CCCCCOc1ccc(C(=O)CC)cc1[N+](=O)[O-]. The van der Waals surface area contributed by atoms with Crippen LogP contribution in [0.2, 0.25) is 0 Å². The second kappa shape index (κ2) is 7.51. The molecule has 0 radical (unpaired) electrons. The monoisotopic (exact) mass is 265 g/mol. The topological polar surface area (TPSA) is 69.4 Å². The highest BCUT2D eigenvalue weighted by Gasteiger charge is 2.18. The molecule has 5 heteroatoms. The average molecular weight is 265 g/mol. The van der Waals surface area contributed by atoms with E-state index in [1.54, 1.807) is 13.0 Å². The van der Waals surface area contributed by atoms with Crippen LogP contribution in [-0.4, -0.2) is 17.3 Å². The normalized spacial score (nSPS) is 10.2. The first-order valence-electron chi connectivity index (χ1n) is 6.54. The number of ketones is 1. The zero-order valence-corrected chi connectivity index (χ0v) is 11.3. The maximum absolute atomic E-state index is 11.5. The third kappa shape index (κ3) is 4.35. The molecule has 0 heterocycles. The number of nitro groups is 1. The highest BCUT2D eigenvalue weighted by molar-refractivity contribution is 5.96. The number of ether oxygens (including phenoxy) is 1. The first-order valence-corrected chi connectivity index (χ1v) is 6.54. The Balaban J connectivity index is 2.86. The summed E-state index contributed by atoms with van der Waals surface area (Å²) >= 11 is 0. The number of nitrogens with zero attached hydrogens (tertiary/aromatic N) is 1. The van der Waals surface area contributed by atoms with E-state index in [2.05, 4.69) is 6.92 Å². The van der Waals surface area contributed by atoms with Crippen LogP contribution in [0.5, 0.6) is 5.75 Å². The molecule has 1 rings (SSSR count). The maximum atomic E-state index is 11.5. The summed E-state index contributed by atoms with van der Waals surface area (Å²) in [6.45, 7) is 4.26. The van der Waals surface area contributed by atoms with Crippen molar-refractivity contribution < 1.29 is 14.5 Å². The zero-order chi connectivity index (χ0) is 14.3. The largest absolute Gasteiger partial charge is 0.487 e. The van der Waals surface area contributed by atoms with Gasteiger partial charge in [-0.1, -0.05) is 26.7 Å². The molecule has 0 amide bonds. The van der Waals surface area contributed by atoms with Gasteiger partial charge in [-0.3, -0.25) is 14.9 Å². The van der Waals surface area contributed by atoms with Gasteiger partial charge < -0.3 is 4.74 Å². The molecule has 0 saturated carbocycles. The Morgan fingerprint density at radius 1 is 1.32 bits per heavy atom. The lowest BCUT2D eigenvalue weighted by atomic mass is 10.1. The number of hydrogen-bond acceptors (Lipinski definition) is 4. The lowest BCUT2D eigenvalue weighted by Crippen LogP contribution is -2.03. The van der Waals surface area contributed by atoms with E-state index < -0.39 is 4.92 Å². The first kappa shape index (κ1) is 15.1. The van der Waals surface area contributed by atoms with Crippen LogP contribution >= 0.6 is 0 Å². The molecule has 19 heavy (non-hydrogen) atoms. The van der Waals surface area contributed by atoms with E-state index in [4.69, 9.17) is 4.74 Å². The van der Waals surface area contributed by atoms with Gasteiger partial charge >= 0.3 is 5.69 Å². The van der Waals surface area contributed by atoms with Gasteiger partial charge in [-0.2, -0.15) is 0 Å². The quantitative estimate of drug-likeness (QED) is 0.310. The molecule has 0 unspecified atom stereocenters. The van der Waals surface area contributed by atoms with Crippen LogP contribution in [0.1, 0.15) is 49.9 Å². The summed E-state index contributed by atoms with van der Waals surface area (Å²) in [5.74, 6) is 0.120. The van der Waals surface area contributed by atoms with Crippen molar-refractivity contribution in [2.45, 2.75) is 39.5 Å². The predicted octanol–water partition coefficient (Wildman–Crippen LogP) is 3.76. The molecule has 0 spiro atoms. The minimum absolute atomic E-state index is 0.111. The van der Waals surface area contributed by atoms with Crippen molar-refractivity contribution in [3.63, 3.8) is 0 Å². The van der Waals surface area contributed by atoms with Crippen LogP contribution in [0.3, 0.4) is 0 Å². The molecule has 104 valence electrons. The highest BCUT2D eigenvalue weighted by Crippen LogP contribution is 2.28. The molecule has 5 nitrogen and oxygen atoms in total. The molecule has 0 saturated heterocycles. The molecule has 0 bridgehead atoms. The number of nitro benzene ring substituents is 1. The van der Waals surface area contributed by atoms with Gasteiger partial charge in [0.15, 0.2) is 11.5 Å². The van der Waals surface area contributed by atoms with Gasteiger partial charge in [0.05, 0.1) is 11.5 Å². The van der Waals surface area contributed by atoms with Gasteiger partial charge in [-0.05, 0) is 18.6 Å². The minimum atomic E-state index is -0.512. The van der Waals surface area contributed by atoms with Gasteiger partial charge in [0.25, 0.3) is 0 Å². The summed E-state index contributed by atoms with van der Waals surface area (Å²) in [7, 11) is 0. The Morgan fingerprint density at radius 2 is 2.05 bits per heavy atom. The highest BCUT2D eigenvalue weighted by atomic mass is 16.6. The van der Waals surface area contributed by atoms with E-state index in [1.807, 2.05) is 0 Å². The standard InChI is InChI=1S/C14H19NO4/c1-3-5-6-9-19-14-8-7-11(13(16)4-2)10-12(14)15(17)18/h7-8,10H,3-6,9H2,1-2H3. The lowest BCUT2D eigenvalue weighted by Gasteiger charge is -2.07. The third-order valence-corrected chi connectivity index (χ3v) is 2.80. The summed E-state index contributed by atoms with van der Waals surface area (Å²) in [5.41, 5.74) is 0.214. The van der Waals surface area contributed by atoms with E-state index in [-0.39, 0.29) is 17.2 Å². The molecule has 1 aromatic rings. The fourth-order valence-corrected chi connectivity index (χ4v) is 1.69. The van der Waals surface area contributed by atoms with Crippen molar-refractivity contribution in [3.8, 4) is 5.75 Å². The number of Topliss-reactive ketones (excluding diaryl/α,β-unsaturated/α-hetero) is 1. The van der Waals surface area contributed by atoms with E-state index in [1.165, 1.54) is 12.1 Å². The predicted molar refractivity (Wildman–Crippen MR) is 72.7 cm³/mol. The van der Waals surface area contributed by atoms with E-state index in [0.717, 1.165) is 19.3 Å². The Morgan fingerprint density at radius 3 is 2.63 bits per heavy atom. The number of rotatable bonds is 8. The van der Waals surface area contributed by atoms with Gasteiger partial charge in [0.2, 0.25) is 0 Å². The van der Waals surface area contributed by atoms with Gasteiger partial charge in [0.1, 0.15) is 0 Å². The molecule has 0 aliphatic heterocycles. The minimum Gasteiger partial charge on any atom is -0.487 e. The van der Waals surface area contributed by atoms with Gasteiger partial charge in [-0.25, -0.2) is 0 Å². The smallest absolute Gasteiger partial charge is 0.311 e. The number of benzene rings is 1. The van der Waals surface area contributed by atoms with Crippen molar-refractivity contribution in [1.29, 1.82) is 0 Å². The number of carbonyl (C=O) groups is 1. The van der Waals surface area contributed by atoms with Crippen LogP contribution < -0.4 is 4.74 Å². The van der Waals surface area contributed by atoms with Crippen molar-refractivity contribution in [3.05, 3.63) is 33.9 Å². The Kier molecular flexibility index (Phi) is 5.99. The second-order valence-corrected chi connectivity index (χ2v) is 4.27. The van der Waals surface area contributed by atoms with Crippen LogP contribution in [0, 0.1) is 10.1 Å². The Bertz CT molecular complexity index is 457. The number of unbranched alkanes of at least 4 members (excludes halogenated alkanes) is 2. The average Bonchev–Trinajstić information content (AvgIpc) is 2.42. The van der Waals surface area contributed by atoms with Crippen molar-refractivity contribution in [2.24, 2.45) is 0 Å². The zero-order valence-electron chi connectivity index (χ0n) is 11.3. The summed E-state index contributed by atoms with van der Waals surface area (Å²) in [6.07, 6.45) is 3.28. The van der Waals surface area contributed by atoms with Crippen molar-refractivity contribution in [1.82, 2.24) is 0 Å². The van der Waals surface area contributed by atoms with Crippen LogP contribution in [0.25, 0.3) is 0 Å². The first-order chi connectivity index (χ1) is 9.10. The maximum Gasteiger partial charge on any atom is 0.311 e. The van der Waals surface area contributed by atoms with Crippen LogP contribution in [0.4, 0.5) is 5.69 Å². The molecule has 0 aliphatic rings. The fraction of sp³-hybridized carbons (Fsp3) is 0.500. The molecule has 0 aliphatic carbocycles. The molecule has 0 aromatic heterocycles. The summed E-state index contributed by atoms with van der Waals surface area (Å²) in [6, 6.07) is 4.38. The fourth-order valence-electron chi connectivity index (χ4n) is 1.69. The molecular weight excluding hydrogens is 246 g/mol. The van der Waals surface area contributed by atoms with Crippen LogP contribution in [-0.2, 0) is 0 Å². The molecule has 0 fully saturated rings. The van der Waals surface area contributed by atoms with Crippen LogP contribution in [0.15, 0.2) is 18.2 Å². The Hall–Kier alpha value is -1.91. The molecule has 1 aromatic carbocycles. The van der Waals surface area contributed by atoms with E-state index in [0.29, 0.717) is 18.6 Å². The molecule has 0 atom stereocenters. The molecule has 0 N–H and O–H groups in total. The van der Waals surface area contributed by atoms with E-state index >= 15 is 0 Å². The number of carbonyl (C=O) groups excluding carboxylic acids is 1. The summed E-state index contributed by atoms with van der Waals surface area (Å²) in [4.78, 5) is 22.0. The summed E-state index contributed by atoms with van der Waals surface area (Å²) in [5, 5.41) is 11.0. The van der Waals surface area contributed by atoms with Crippen molar-refractivity contribution in [2.75, 3.05) is 6.61 Å². The second-order valence-electron chi connectivity index (χ2n) is 4.27. The third-order valence-electron chi connectivity index (χ3n) is 2.80. The summed E-state index contributed by atoms with van der Waals surface area (Å²) < 4.78 is 5.42. The van der Waals surface area contributed by atoms with Gasteiger partial charge in [-0.15, -0.1) is 0 Å². The van der Waals surface area contributed by atoms with Crippen molar-refractivity contribution >= 4 is 11.5 Å². The number of hydrogen-bond donors (Lipinski definition) is 0. The van der Waals surface area contributed by atoms with E-state index in [9.17, 15) is 14.9 Å². The Labute approximate surface area is 112 Å².